The van der Waals surface area contributed by atoms with Crippen LogP contribution in [0.3, 0.4) is 0 Å². The SMILES string of the molecule is CC1CN(CCBr)CC(C)N1C. The molecule has 0 aromatic carbocycles. The van der Waals surface area contributed by atoms with Crippen molar-refractivity contribution in [2.24, 2.45) is 0 Å². The summed E-state index contributed by atoms with van der Waals surface area (Å²) >= 11 is 3.48. The quantitative estimate of drug-likeness (QED) is 0.668. The molecule has 0 bridgehead atoms. The van der Waals surface area contributed by atoms with E-state index in [-0.39, 0.29) is 0 Å². The molecule has 1 aliphatic heterocycles. The normalized spacial score (nSPS) is 34.0. The molecule has 2 unspecified atom stereocenters. The zero-order valence-corrected chi connectivity index (χ0v) is 9.84. The molecule has 0 aromatic heterocycles. The number of alkyl halides is 1. The summed E-state index contributed by atoms with van der Waals surface area (Å²) in [6.07, 6.45) is 0. The Morgan fingerprint density at radius 2 is 1.75 bits per heavy atom. The van der Waals surface area contributed by atoms with Crippen molar-refractivity contribution < 1.29 is 0 Å². The third-order valence-electron chi connectivity index (χ3n) is 2.84. The van der Waals surface area contributed by atoms with Gasteiger partial charge in [0.05, 0.1) is 0 Å². The molecule has 1 rings (SSSR count). The molecule has 72 valence electrons. The van der Waals surface area contributed by atoms with Crippen molar-refractivity contribution in [2.75, 3.05) is 32.0 Å². The Morgan fingerprint density at radius 1 is 1.25 bits per heavy atom. The first-order chi connectivity index (χ1) is 5.65. The number of hydrogen-bond donors (Lipinski definition) is 0. The molecule has 0 aromatic rings. The van der Waals surface area contributed by atoms with Crippen molar-refractivity contribution in [1.82, 2.24) is 9.80 Å². The maximum atomic E-state index is 3.48. The molecule has 2 nitrogen and oxygen atoms in total. The predicted molar refractivity (Wildman–Crippen MR) is 56.9 cm³/mol. The minimum atomic E-state index is 0.702. The van der Waals surface area contributed by atoms with Crippen LogP contribution in [0.15, 0.2) is 0 Å². The van der Waals surface area contributed by atoms with E-state index >= 15 is 0 Å². The van der Waals surface area contributed by atoms with Crippen LogP contribution in [0.1, 0.15) is 13.8 Å². The van der Waals surface area contributed by atoms with Crippen molar-refractivity contribution in [3.8, 4) is 0 Å². The van der Waals surface area contributed by atoms with Gasteiger partial charge in [-0.3, -0.25) is 9.80 Å². The Labute approximate surface area is 84.0 Å². The number of likely N-dealkylation sites (N-methyl/N-ethyl adjacent to an activating group) is 1. The van der Waals surface area contributed by atoms with Gasteiger partial charge in [0.25, 0.3) is 0 Å². The van der Waals surface area contributed by atoms with E-state index < -0.39 is 0 Å². The summed E-state index contributed by atoms with van der Waals surface area (Å²) in [5.74, 6) is 0. The lowest BCUT2D eigenvalue weighted by molar-refractivity contribution is 0.0643. The lowest BCUT2D eigenvalue weighted by atomic mass is 10.1. The van der Waals surface area contributed by atoms with E-state index in [1.807, 2.05) is 0 Å². The summed E-state index contributed by atoms with van der Waals surface area (Å²) in [5, 5.41) is 1.09. The van der Waals surface area contributed by atoms with Crippen LogP contribution in [0.5, 0.6) is 0 Å². The van der Waals surface area contributed by atoms with Crippen LogP contribution < -0.4 is 0 Å². The Balaban J connectivity index is 2.42. The van der Waals surface area contributed by atoms with Crippen molar-refractivity contribution >= 4 is 15.9 Å². The van der Waals surface area contributed by atoms with E-state index in [0.717, 1.165) is 5.33 Å². The number of halogens is 1. The van der Waals surface area contributed by atoms with Crippen molar-refractivity contribution in [3.05, 3.63) is 0 Å². The number of rotatable bonds is 2. The summed E-state index contributed by atoms with van der Waals surface area (Å²) in [5.41, 5.74) is 0. The highest BCUT2D eigenvalue weighted by atomic mass is 79.9. The second-order valence-electron chi connectivity index (χ2n) is 3.81. The highest BCUT2D eigenvalue weighted by molar-refractivity contribution is 9.09. The van der Waals surface area contributed by atoms with Crippen LogP contribution in [0, 0.1) is 0 Å². The molecule has 3 heteroatoms. The van der Waals surface area contributed by atoms with E-state index in [9.17, 15) is 0 Å². The third-order valence-corrected chi connectivity index (χ3v) is 3.19. The summed E-state index contributed by atoms with van der Waals surface area (Å²) < 4.78 is 0. The standard InChI is InChI=1S/C9H19BrN2/c1-8-6-12(5-4-10)7-9(2)11(8)3/h8-9H,4-7H2,1-3H3. The van der Waals surface area contributed by atoms with Gasteiger partial charge in [0.1, 0.15) is 0 Å². The van der Waals surface area contributed by atoms with Crippen LogP contribution in [0.25, 0.3) is 0 Å². The van der Waals surface area contributed by atoms with Gasteiger partial charge in [-0.2, -0.15) is 0 Å². The summed E-state index contributed by atoms with van der Waals surface area (Å²) in [7, 11) is 2.22. The molecular formula is C9H19BrN2. The molecular weight excluding hydrogens is 216 g/mol. The number of piperazine rings is 1. The monoisotopic (exact) mass is 234 g/mol. The Bertz CT molecular complexity index is 128. The fraction of sp³-hybridized carbons (Fsp3) is 1.00. The molecule has 0 N–H and O–H groups in total. The molecule has 0 saturated carbocycles. The van der Waals surface area contributed by atoms with Gasteiger partial charge in [-0.15, -0.1) is 0 Å². The summed E-state index contributed by atoms with van der Waals surface area (Å²) in [4.78, 5) is 4.99. The van der Waals surface area contributed by atoms with Crippen LogP contribution in [0.4, 0.5) is 0 Å². The first kappa shape index (κ1) is 10.5. The Kier molecular flexibility index (Phi) is 4.00. The molecule has 0 amide bonds. The molecule has 1 heterocycles. The van der Waals surface area contributed by atoms with E-state index in [1.54, 1.807) is 0 Å². The average Bonchev–Trinajstić information content (AvgIpc) is 2.01. The highest BCUT2D eigenvalue weighted by Crippen LogP contribution is 2.12. The zero-order valence-electron chi connectivity index (χ0n) is 8.26. The van der Waals surface area contributed by atoms with Crippen LogP contribution in [-0.2, 0) is 0 Å². The van der Waals surface area contributed by atoms with Crippen molar-refractivity contribution in [1.29, 1.82) is 0 Å². The molecule has 0 radical (unpaired) electrons. The minimum absolute atomic E-state index is 0.702. The second-order valence-corrected chi connectivity index (χ2v) is 4.61. The fourth-order valence-electron chi connectivity index (χ4n) is 1.82. The molecule has 0 aliphatic carbocycles. The van der Waals surface area contributed by atoms with E-state index in [4.69, 9.17) is 0 Å². The lowest BCUT2D eigenvalue weighted by Gasteiger charge is -2.42. The average molecular weight is 235 g/mol. The van der Waals surface area contributed by atoms with E-state index in [1.165, 1.54) is 19.6 Å². The molecule has 2 atom stereocenters. The molecule has 12 heavy (non-hydrogen) atoms. The van der Waals surface area contributed by atoms with Crippen molar-refractivity contribution in [3.63, 3.8) is 0 Å². The van der Waals surface area contributed by atoms with Gasteiger partial charge in [0.15, 0.2) is 0 Å². The van der Waals surface area contributed by atoms with Crippen LogP contribution >= 0.6 is 15.9 Å². The number of hydrogen-bond acceptors (Lipinski definition) is 2. The smallest absolute Gasteiger partial charge is 0.0195 e. The predicted octanol–water partition coefficient (Wildman–Crippen LogP) is 1.41. The third kappa shape index (κ3) is 2.44. The van der Waals surface area contributed by atoms with E-state index in [2.05, 4.69) is 46.6 Å². The van der Waals surface area contributed by atoms with Crippen LogP contribution in [-0.4, -0.2) is 53.9 Å². The van der Waals surface area contributed by atoms with Gasteiger partial charge >= 0.3 is 0 Å². The van der Waals surface area contributed by atoms with Gasteiger partial charge in [-0.25, -0.2) is 0 Å². The van der Waals surface area contributed by atoms with Crippen molar-refractivity contribution in [2.45, 2.75) is 25.9 Å². The zero-order chi connectivity index (χ0) is 9.14. The summed E-state index contributed by atoms with van der Waals surface area (Å²) in [6.45, 7) is 8.22. The molecule has 1 aliphatic rings. The topological polar surface area (TPSA) is 6.48 Å². The highest BCUT2D eigenvalue weighted by Gasteiger charge is 2.25. The maximum Gasteiger partial charge on any atom is 0.0195 e. The van der Waals surface area contributed by atoms with Gasteiger partial charge < -0.3 is 0 Å². The van der Waals surface area contributed by atoms with Gasteiger partial charge in [-0.05, 0) is 20.9 Å². The van der Waals surface area contributed by atoms with Gasteiger partial charge in [0.2, 0.25) is 0 Å². The molecule has 1 saturated heterocycles. The van der Waals surface area contributed by atoms with E-state index in [0.29, 0.717) is 12.1 Å². The Hall–Kier alpha value is 0.400. The largest absolute Gasteiger partial charge is 0.299 e. The first-order valence-corrected chi connectivity index (χ1v) is 5.77. The number of nitrogens with zero attached hydrogens (tertiary/aromatic N) is 2. The molecule has 1 fully saturated rings. The summed E-state index contributed by atoms with van der Waals surface area (Å²) in [6, 6.07) is 1.40. The fourth-order valence-corrected chi connectivity index (χ4v) is 2.32. The first-order valence-electron chi connectivity index (χ1n) is 4.65. The lowest BCUT2D eigenvalue weighted by Crippen LogP contribution is -2.55. The minimum Gasteiger partial charge on any atom is -0.299 e. The van der Waals surface area contributed by atoms with Gasteiger partial charge in [-0.1, -0.05) is 15.9 Å². The molecule has 0 spiro atoms. The Morgan fingerprint density at radius 3 is 2.17 bits per heavy atom. The van der Waals surface area contributed by atoms with Crippen LogP contribution in [0.2, 0.25) is 0 Å². The second kappa shape index (κ2) is 4.58. The van der Waals surface area contributed by atoms with Gasteiger partial charge in [0, 0.05) is 37.0 Å². The maximum absolute atomic E-state index is 3.48.